The highest BCUT2D eigenvalue weighted by atomic mass is 19.1. The predicted octanol–water partition coefficient (Wildman–Crippen LogP) is 4.11. The van der Waals surface area contributed by atoms with Gasteiger partial charge in [-0.2, -0.15) is 5.10 Å². The summed E-state index contributed by atoms with van der Waals surface area (Å²) in [6.07, 6.45) is 1.69. The zero-order chi connectivity index (χ0) is 16.7. The molecule has 2 aromatic carbocycles. The summed E-state index contributed by atoms with van der Waals surface area (Å²) in [6.45, 7) is 2.61. The molecule has 24 heavy (non-hydrogen) atoms. The number of halogens is 1. The van der Waals surface area contributed by atoms with E-state index in [0.717, 1.165) is 27.7 Å². The van der Waals surface area contributed by atoms with E-state index in [4.69, 9.17) is 5.73 Å². The van der Waals surface area contributed by atoms with Gasteiger partial charge in [0.25, 0.3) is 0 Å². The van der Waals surface area contributed by atoms with Gasteiger partial charge in [-0.1, -0.05) is 18.2 Å². The largest absolute Gasteiger partial charge is 0.384 e. The van der Waals surface area contributed by atoms with Crippen LogP contribution in [-0.2, 0) is 6.54 Å². The molecule has 2 heterocycles. The molecular weight excluding hydrogens is 303 g/mol. The Hall–Kier alpha value is -3.08. The monoisotopic (exact) mass is 320 g/mol. The Balaban J connectivity index is 1.79. The van der Waals surface area contributed by atoms with Crippen LogP contribution in [0.3, 0.4) is 0 Å². The van der Waals surface area contributed by atoms with Crippen LogP contribution in [0.1, 0.15) is 11.1 Å². The van der Waals surface area contributed by atoms with Crippen LogP contribution in [0.4, 0.5) is 10.2 Å². The van der Waals surface area contributed by atoms with Crippen molar-refractivity contribution in [1.29, 1.82) is 0 Å². The lowest BCUT2D eigenvalue weighted by Crippen LogP contribution is -2.05. The first kappa shape index (κ1) is 14.5. The summed E-state index contributed by atoms with van der Waals surface area (Å²) < 4.78 is 15.9. The number of anilines is 1. The molecule has 3 N–H and O–H groups in total. The molecule has 4 nitrogen and oxygen atoms in total. The van der Waals surface area contributed by atoms with E-state index < -0.39 is 0 Å². The highest BCUT2D eigenvalue weighted by Gasteiger charge is 2.13. The molecule has 0 bridgehead atoms. The first-order valence-electron chi connectivity index (χ1n) is 7.77. The van der Waals surface area contributed by atoms with E-state index in [-0.39, 0.29) is 5.82 Å². The van der Waals surface area contributed by atoms with Crippen molar-refractivity contribution in [3.05, 3.63) is 71.7 Å². The first-order valence-corrected chi connectivity index (χ1v) is 7.77. The molecule has 4 aromatic rings. The van der Waals surface area contributed by atoms with E-state index in [9.17, 15) is 4.39 Å². The molecule has 0 spiro atoms. The number of rotatable bonds is 3. The summed E-state index contributed by atoms with van der Waals surface area (Å²) in [5, 5.41) is 5.29. The third-order valence-electron chi connectivity index (χ3n) is 4.35. The van der Waals surface area contributed by atoms with Crippen LogP contribution in [0.25, 0.3) is 22.2 Å². The molecule has 0 aliphatic carbocycles. The van der Waals surface area contributed by atoms with Crippen LogP contribution >= 0.6 is 0 Å². The number of nitrogens with two attached hydrogens (primary N) is 1. The van der Waals surface area contributed by atoms with Gasteiger partial charge in [0.1, 0.15) is 11.6 Å². The van der Waals surface area contributed by atoms with Crippen LogP contribution in [0.5, 0.6) is 0 Å². The second-order valence-corrected chi connectivity index (χ2v) is 5.90. The van der Waals surface area contributed by atoms with Crippen molar-refractivity contribution in [3.63, 3.8) is 0 Å². The van der Waals surface area contributed by atoms with E-state index in [1.165, 1.54) is 6.07 Å². The van der Waals surface area contributed by atoms with Crippen molar-refractivity contribution in [2.24, 2.45) is 0 Å². The molecule has 4 rings (SSSR count). The first-order chi connectivity index (χ1) is 11.6. The maximum absolute atomic E-state index is 14.1. The number of aryl methyl sites for hydroxylation is 1. The van der Waals surface area contributed by atoms with E-state index in [1.54, 1.807) is 29.1 Å². The maximum Gasteiger partial charge on any atom is 0.132 e. The summed E-state index contributed by atoms with van der Waals surface area (Å²) in [7, 11) is 0. The molecule has 120 valence electrons. The molecule has 5 heteroatoms. The van der Waals surface area contributed by atoms with E-state index >= 15 is 0 Å². The normalized spacial score (nSPS) is 11.2. The summed E-state index contributed by atoms with van der Waals surface area (Å²) >= 11 is 0. The molecule has 0 saturated carbocycles. The van der Waals surface area contributed by atoms with Gasteiger partial charge in [0.2, 0.25) is 0 Å². The van der Waals surface area contributed by atoms with Crippen molar-refractivity contribution >= 4 is 16.7 Å². The minimum absolute atomic E-state index is 0.225. The molecular formula is C19H17FN4. The minimum Gasteiger partial charge on any atom is -0.384 e. The number of benzene rings is 2. The van der Waals surface area contributed by atoms with Gasteiger partial charge >= 0.3 is 0 Å². The van der Waals surface area contributed by atoms with Crippen LogP contribution < -0.4 is 5.73 Å². The Morgan fingerprint density at radius 3 is 2.75 bits per heavy atom. The fraction of sp³-hybridized carbons (Fsp3) is 0.105. The van der Waals surface area contributed by atoms with Gasteiger partial charge in [0, 0.05) is 16.5 Å². The van der Waals surface area contributed by atoms with E-state index in [0.29, 0.717) is 17.9 Å². The minimum atomic E-state index is -0.225. The third kappa shape index (κ3) is 2.34. The molecule has 0 aliphatic heterocycles. The molecule has 0 amide bonds. The Bertz CT molecular complexity index is 1030. The van der Waals surface area contributed by atoms with Gasteiger partial charge in [-0.05, 0) is 48.4 Å². The number of nitrogen functional groups attached to an aromatic ring is 1. The number of fused-ring (bicyclic) bond motifs is 1. The van der Waals surface area contributed by atoms with Crippen molar-refractivity contribution < 1.29 is 4.39 Å². The highest BCUT2D eigenvalue weighted by molar-refractivity contribution is 5.91. The van der Waals surface area contributed by atoms with Crippen molar-refractivity contribution in [3.8, 4) is 11.3 Å². The molecule has 0 fully saturated rings. The van der Waals surface area contributed by atoms with Gasteiger partial charge in [-0.25, -0.2) is 9.07 Å². The van der Waals surface area contributed by atoms with Gasteiger partial charge in [0.15, 0.2) is 0 Å². The van der Waals surface area contributed by atoms with Crippen LogP contribution in [0.2, 0.25) is 0 Å². The summed E-state index contributed by atoms with van der Waals surface area (Å²) in [5.41, 5.74) is 10.4. The molecule has 0 atom stereocenters. The van der Waals surface area contributed by atoms with Crippen LogP contribution in [-0.4, -0.2) is 14.8 Å². The molecule has 0 saturated heterocycles. The molecule has 0 radical (unpaired) electrons. The molecule has 0 unspecified atom stereocenters. The van der Waals surface area contributed by atoms with Crippen molar-refractivity contribution in [1.82, 2.24) is 14.8 Å². The van der Waals surface area contributed by atoms with Gasteiger partial charge in [0.05, 0.1) is 18.4 Å². The second kappa shape index (κ2) is 5.53. The fourth-order valence-electron chi connectivity index (χ4n) is 3.05. The summed E-state index contributed by atoms with van der Waals surface area (Å²) in [5.74, 6) is 0.407. The average molecular weight is 320 g/mol. The number of nitrogens with one attached hydrogen (secondary N) is 1. The second-order valence-electron chi connectivity index (χ2n) is 5.90. The van der Waals surface area contributed by atoms with Gasteiger partial charge in [-0.15, -0.1) is 0 Å². The van der Waals surface area contributed by atoms with Crippen LogP contribution in [0.15, 0.2) is 54.7 Å². The number of hydrogen-bond donors (Lipinski definition) is 2. The maximum atomic E-state index is 14.1. The SMILES string of the molecule is Cc1c(-c2ccccc2F)[nH]c2ccc(Cn3nccc3N)cc12. The van der Waals surface area contributed by atoms with Gasteiger partial charge in [-0.3, -0.25) is 0 Å². The number of H-pyrrole nitrogens is 1. The smallest absolute Gasteiger partial charge is 0.132 e. The zero-order valence-electron chi connectivity index (χ0n) is 13.3. The number of aromatic nitrogens is 3. The topological polar surface area (TPSA) is 59.6 Å². The van der Waals surface area contributed by atoms with Crippen molar-refractivity contribution in [2.75, 3.05) is 5.73 Å². The molecule has 0 aliphatic rings. The predicted molar refractivity (Wildman–Crippen MR) is 94.2 cm³/mol. The highest BCUT2D eigenvalue weighted by Crippen LogP contribution is 2.31. The van der Waals surface area contributed by atoms with Crippen LogP contribution in [0, 0.1) is 12.7 Å². The third-order valence-corrected chi connectivity index (χ3v) is 4.35. The van der Waals surface area contributed by atoms with E-state index in [1.807, 2.05) is 25.1 Å². The lowest BCUT2D eigenvalue weighted by Gasteiger charge is -2.05. The Morgan fingerprint density at radius 2 is 2.00 bits per heavy atom. The average Bonchev–Trinajstić information content (AvgIpc) is 3.12. The van der Waals surface area contributed by atoms with Gasteiger partial charge < -0.3 is 10.7 Å². The molecule has 2 aromatic heterocycles. The standard InChI is InChI=1S/C19H17FN4/c1-12-15-10-13(11-24-18(21)8-9-22-24)6-7-17(15)23-19(12)14-4-2-3-5-16(14)20/h2-10,23H,11,21H2,1H3. The number of hydrogen-bond acceptors (Lipinski definition) is 2. The Kier molecular flexibility index (Phi) is 3.34. The lowest BCUT2D eigenvalue weighted by atomic mass is 10.0. The fourth-order valence-corrected chi connectivity index (χ4v) is 3.05. The van der Waals surface area contributed by atoms with Crippen molar-refractivity contribution in [2.45, 2.75) is 13.5 Å². The summed E-state index contributed by atoms with van der Waals surface area (Å²) in [4.78, 5) is 3.33. The zero-order valence-corrected chi connectivity index (χ0v) is 13.3. The van der Waals surface area contributed by atoms with E-state index in [2.05, 4.69) is 16.1 Å². The lowest BCUT2D eigenvalue weighted by molar-refractivity contribution is 0.631. The number of nitrogens with zero attached hydrogens (tertiary/aromatic N) is 2. The summed E-state index contributed by atoms with van der Waals surface area (Å²) in [6, 6.07) is 14.7. The quantitative estimate of drug-likeness (QED) is 0.597. The Labute approximate surface area is 138 Å². The Morgan fingerprint density at radius 1 is 1.17 bits per heavy atom. The number of aromatic amines is 1.